The Labute approximate surface area is 117 Å². The molecule has 0 aromatic carbocycles. The average molecular weight is 301 g/mol. The molecule has 1 saturated heterocycles. The van der Waals surface area contributed by atoms with Crippen molar-refractivity contribution >= 4 is 22.4 Å². The van der Waals surface area contributed by atoms with Crippen LogP contribution in [0.3, 0.4) is 0 Å². The van der Waals surface area contributed by atoms with E-state index in [-0.39, 0.29) is 42.8 Å². The molecule has 0 radical (unpaired) electrons. The molecule has 2 unspecified atom stereocenters. The van der Waals surface area contributed by atoms with Gasteiger partial charge in [-0.15, -0.1) is 12.4 Å². The lowest BCUT2D eigenvalue weighted by molar-refractivity contribution is 0.0904. The lowest BCUT2D eigenvalue weighted by Crippen LogP contribution is -2.49. The molecule has 1 rings (SSSR count). The zero-order chi connectivity index (χ0) is 13.1. The van der Waals surface area contributed by atoms with Gasteiger partial charge >= 0.3 is 0 Å². The minimum atomic E-state index is -3.18. The van der Waals surface area contributed by atoms with Gasteiger partial charge in [-0.1, -0.05) is 6.92 Å². The molecule has 0 spiro atoms. The second-order valence-electron chi connectivity index (χ2n) is 5.02. The van der Waals surface area contributed by atoms with E-state index in [1.807, 2.05) is 20.8 Å². The van der Waals surface area contributed by atoms with Crippen molar-refractivity contribution in [3.05, 3.63) is 0 Å². The van der Waals surface area contributed by atoms with Crippen molar-refractivity contribution in [2.75, 3.05) is 25.4 Å². The van der Waals surface area contributed by atoms with E-state index in [0.29, 0.717) is 13.1 Å². The van der Waals surface area contributed by atoms with Gasteiger partial charge in [0, 0.05) is 19.1 Å². The third-order valence-electron chi connectivity index (χ3n) is 3.12. The highest BCUT2D eigenvalue weighted by Crippen LogP contribution is 2.18. The Morgan fingerprint density at radius 3 is 2.56 bits per heavy atom. The molecule has 1 aliphatic heterocycles. The van der Waals surface area contributed by atoms with Crippen LogP contribution in [-0.2, 0) is 14.8 Å². The number of piperidine rings is 1. The summed E-state index contributed by atoms with van der Waals surface area (Å²) in [4.78, 5) is 0. The topological polar surface area (TPSA) is 72.6 Å². The van der Waals surface area contributed by atoms with Gasteiger partial charge in [0.15, 0.2) is 0 Å². The van der Waals surface area contributed by atoms with Crippen LogP contribution >= 0.6 is 12.4 Å². The number of ether oxygens (including phenoxy) is 1. The summed E-state index contributed by atoms with van der Waals surface area (Å²) < 4.78 is 30.9. The van der Waals surface area contributed by atoms with E-state index < -0.39 is 10.0 Å². The molecule has 0 aromatic heterocycles. The maximum Gasteiger partial charge on any atom is 0.216 e. The molecule has 5 nitrogen and oxygen atoms in total. The lowest BCUT2D eigenvalue weighted by Gasteiger charge is -2.34. The second kappa shape index (κ2) is 7.65. The minimum Gasteiger partial charge on any atom is -0.378 e. The fourth-order valence-electron chi connectivity index (χ4n) is 1.90. The van der Waals surface area contributed by atoms with Gasteiger partial charge < -0.3 is 10.5 Å². The van der Waals surface area contributed by atoms with Crippen molar-refractivity contribution in [3.63, 3.8) is 0 Å². The summed E-state index contributed by atoms with van der Waals surface area (Å²) in [6.45, 7) is 7.12. The van der Waals surface area contributed by atoms with Crippen LogP contribution in [0.15, 0.2) is 0 Å². The first-order chi connectivity index (χ1) is 7.83. The molecule has 0 bridgehead atoms. The molecule has 0 aliphatic carbocycles. The van der Waals surface area contributed by atoms with Gasteiger partial charge in [0.25, 0.3) is 0 Å². The molecule has 7 heteroatoms. The molecule has 0 saturated carbocycles. The van der Waals surface area contributed by atoms with Crippen LogP contribution in [0.5, 0.6) is 0 Å². The predicted molar refractivity (Wildman–Crippen MR) is 75.5 cm³/mol. The zero-order valence-electron chi connectivity index (χ0n) is 11.3. The molecular weight excluding hydrogens is 276 g/mol. The number of sulfonamides is 1. The van der Waals surface area contributed by atoms with Crippen LogP contribution in [0.1, 0.15) is 27.2 Å². The summed E-state index contributed by atoms with van der Waals surface area (Å²) in [5.41, 5.74) is 5.88. The van der Waals surface area contributed by atoms with Crippen molar-refractivity contribution in [3.8, 4) is 0 Å². The van der Waals surface area contributed by atoms with Crippen LogP contribution in [0, 0.1) is 5.92 Å². The van der Waals surface area contributed by atoms with Gasteiger partial charge in [0.05, 0.1) is 18.5 Å². The molecule has 1 aliphatic rings. The van der Waals surface area contributed by atoms with E-state index in [4.69, 9.17) is 10.5 Å². The summed E-state index contributed by atoms with van der Waals surface area (Å²) >= 11 is 0. The Morgan fingerprint density at radius 2 is 2.06 bits per heavy atom. The predicted octanol–water partition coefficient (Wildman–Crippen LogP) is 0.832. The first kappa shape index (κ1) is 18.1. The Morgan fingerprint density at radius 1 is 1.44 bits per heavy atom. The maximum atomic E-state index is 12.0. The molecule has 0 amide bonds. The van der Waals surface area contributed by atoms with Crippen LogP contribution in [0.4, 0.5) is 0 Å². The summed E-state index contributed by atoms with van der Waals surface area (Å²) in [5.74, 6) is 0.289. The molecule has 0 aromatic rings. The van der Waals surface area contributed by atoms with Crippen molar-refractivity contribution in [1.29, 1.82) is 0 Å². The van der Waals surface area contributed by atoms with Crippen LogP contribution in [0.25, 0.3) is 0 Å². The van der Waals surface area contributed by atoms with Gasteiger partial charge in [-0.2, -0.15) is 0 Å². The fourth-order valence-corrected chi connectivity index (χ4v) is 3.31. The SMILES string of the molecule is CC(C)OCCS(=O)(=O)N1CCC(N)C(C)C1.Cl. The molecule has 2 atom stereocenters. The summed E-state index contributed by atoms with van der Waals surface area (Å²) in [5, 5.41) is 0. The number of nitrogens with two attached hydrogens (primary N) is 1. The normalized spacial score (nSPS) is 26.1. The van der Waals surface area contributed by atoms with Crippen LogP contribution in [0.2, 0.25) is 0 Å². The summed E-state index contributed by atoms with van der Waals surface area (Å²) in [6.07, 6.45) is 0.810. The largest absolute Gasteiger partial charge is 0.378 e. The standard InChI is InChI=1S/C11H24N2O3S.ClH/c1-9(2)16-6-7-17(14,15)13-5-4-11(12)10(3)8-13;/h9-11H,4-8,12H2,1-3H3;1H. The smallest absolute Gasteiger partial charge is 0.216 e. The highest BCUT2D eigenvalue weighted by atomic mass is 35.5. The Balaban J connectivity index is 0.00000289. The third-order valence-corrected chi connectivity index (χ3v) is 4.92. The maximum absolute atomic E-state index is 12.0. The first-order valence-corrected chi connectivity index (χ1v) is 7.79. The van der Waals surface area contributed by atoms with Gasteiger partial charge in [-0.3, -0.25) is 0 Å². The van der Waals surface area contributed by atoms with E-state index in [0.717, 1.165) is 6.42 Å². The zero-order valence-corrected chi connectivity index (χ0v) is 13.0. The van der Waals surface area contributed by atoms with Crippen molar-refractivity contribution in [2.24, 2.45) is 11.7 Å². The molecule has 18 heavy (non-hydrogen) atoms. The highest BCUT2D eigenvalue weighted by molar-refractivity contribution is 7.89. The van der Waals surface area contributed by atoms with Gasteiger partial charge in [0.1, 0.15) is 0 Å². The number of rotatable bonds is 5. The Bertz CT molecular complexity index is 335. The number of nitrogens with zero attached hydrogens (tertiary/aromatic N) is 1. The molecular formula is C11H25ClN2O3S. The van der Waals surface area contributed by atoms with Crippen molar-refractivity contribution < 1.29 is 13.2 Å². The summed E-state index contributed by atoms with van der Waals surface area (Å²) in [7, 11) is -3.18. The van der Waals surface area contributed by atoms with Crippen LogP contribution in [-0.4, -0.2) is 50.3 Å². The fraction of sp³-hybridized carbons (Fsp3) is 1.00. The Hall–Kier alpha value is 0.120. The highest BCUT2D eigenvalue weighted by Gasteiger charge is 2.30. The van der Waals surface area contributed by atoms with E-state index in [2.05, 4.69) is 0 Å². The first-order valence-electron chi connectivity index (χ1n) is 6.18. The van der Waals surface area contributed by atoms with Gasteiger partial charge in [-0.25, -0.2) is 12.7 Å². The van der Waals surface area contributed by atoms with Gasteiger partial charge in [0.2, 0.25) is 10.0 Å². The van der Waals surface area contributed by atoms with Crippen LogP contribution < -0.4 is 5.73 Å². The van der Waals surface area contributed by atoms with Gasteiger partial charge in [-0.05, 0) is 26.2 Å². The van der Waals surface area contributed by atoms with E-state index in [9.17, 15) is 8.42 Å². The minimum absolute atomic E-state index is 0. The van der Waals surface area contributed by atoms with Crippen molar-refractivity contribution in [2.45, 2.75) is 39.3 Å². The van der Waals surface area contributed by atoms with Crippen molar-refractivity contribution in [1.82, 2.24) is 4.31 Å². The molecule has 2 N–H and O–H groups in total. The third kappa shape index (κ3) is 5.40. The molecule has 110 valence electrons. The second-order valence-corrected chi connectivity index (χ2v) is 7.11. The lowest BCUT2D eigenvalue weighted by atomic mass is 9.96. The quantitative estimate of drug-likeness (QED) is 0.816. The molecule has 1 heterocycles. The average Bonchev–Trinajstić information content (AvgIpc) is 2.21. The summed E-state index contributed by atoms with van der Waals surface area (Å²) in [6, 6.07) is 0.119. The Kier molecular flexibility index (Phi) is 7.70. The van der Waals surface area contributed by atoms with E-state index >= 15 is 0 Å². The van der Waals surface area contributed by atoms with E-state index in [1.54, 1.807) is 4.31 Å². The number of halogens is 1. The number of hydrogen-bond acceptors (Lipinski definition) is 4. The number of hydrogen-bond donors (Lipinski definition) is 1. The monoisotopic (exact) mass is 300 g/mol. The molecule has 1 fully saturated rings. The van der Waals surface area contributed by atoms with E-state index in [1.165, 1.54) is 0 Å².